The number of hydrogen-bond acceptors (Lipinski definition) is 13. The number of carbonyl (C=O) groups is 4. The highest BCUT2D eigenvalue weighted by molar-refractivity contribution is 7.85. The molecule has 30 heavy (non-hydrogen) atoms. The summed E-state index contributed by atoms with van der Waals surface area (Å²) in [5, 5.41) is -0.781. The molecule has 0 aliphatic carbocycles. The summed E-state index contributed by atoms with van der Waals surface area (Å²) in [5.74, 6) is -1.35. The second kappa shape index (κ2) is 17.2. The van der Waals surface area contributed by atoms with Crippen molar-refractivity contribution >= 4 is 87.0 Å². The molecule has 0 aromatic rings. The highest BCUT2D eigenvalue weighted by atomic mass is 32.1. The van der Waals surface area contributed by atoms with Gasteiger partial charge in [-0.15, -0.1) is 0 Å². The number of thiol groups is 5. The first-order valence-corrected chi connectivity index (χ1v) is 12.0. The van der Waals surface area contributed by atoms with Crippen molar-refractivity contribution < 1.29 is 38.1 Å². The van der Waals surface area contributed by atoms with Crippen LogP contribution in [0.3, 0.4) is 0 Å². The van der Waals surface area contributed by atoms with Crippen LogP contribution in [0.25, 0.3) is 0 Å². The number of ether oxygens (including phenoxy) is 4. The molecular weight excluding hydrogens is 493 g/mol. The fourth-order valence-electron chi connectivity index (χ4n) is 1.84. The topological polar surface area (TPSA) is 105 Å². The highest BCUT2D eigenvalue weighted by Crippen LogP contribution is 2.23. The van der Waals surface area contributed by atoms with E-state index in [1.807, 2.05) is 0 Å². The third-order valence-electron chi connectivity index (χ3n) is 3.53. The normalized spacial score (nSPS) is 12.0. The lowest BCUT2D eigenvalue weighted by atomic mass is 9.92. The molecule has 0 aromatic carbocycles. The van der Waals surface area contributed by atoms with Gasteiger partial charge in [0.2, 0.25) is 0 Å². The van der Waals surface area contributed by atoms with Crippen molar-refractivity contribution in [3.63, 3.8) is 0 Å². The van der Waals surface area contributed by atoms with Crippen LogP contribution in [-0.2, 0) is 38.1 Å². The van der Waals surface area contributed by atoms with E-state index >= 15 is 0 Å². The zero-order valence-electron chi connectivity index (χ0n) is 16.4. The van der Waals surface area contributed by atoms with Gasteiger partial charge in [0.25, 0.3) is 0 Å². The van der Waals surface area contributed by atoms with Gasteiger partial charge in [-0.1, -0.05) is 0 Å². The van der Waals surface area contributed by atoms with Crippen LogP contribution in [0.2, 0.25) is 0 Å². The van der Waals surface area contributed by atoms with Gasteiger partial charge < -0.3 is 18.9 Å². The van der Waals surface area contributed by atoms with Gasteiger partial charge in [-0.25, -0.2) is 0 Å². The Kier molecular flexibility index (Phi) is 17.0. The first-order valence-electron chi connectivity index (χ1n) is 8.98. The van der Waals surface area contributed by atoms with Crippen molar-refractivity contribution in [3.05, 3.63) is 0 Å². The first kappa shape index (κ1) is 29.6. The average molecular weight is 521 g/mol. The molecule has 0 rings (SSSR count). The van der Waals surface area contributed by atoms with Gasteiger partial charge in [0, 0.05) is 23.0 Å². The van der Waals surface area contributed by atoms with Crippen LogP contribution >= 0.6 is 63.1 Å². The van der Waals surface area contributed by atoms with Crippen LogP contribution in [-0.4, -0.2) is 78.6 Å². The molecule has 0 N–H and O–H groups in total. The van der Waals surface area contributed by atoms with Gasteiger partial charge in [0.05, 0.1) is 19.3 Å². The van der Waals surface area contributed by atoms with Gasteiger partial charge in [-0.05, 0) is 0 Å². The maximum Gasteiger partial charge on any atom is 0.319 e. The molecule has 0 fully saturated rings. The predicted molar refractivity (Wildman–Crippen MR) is 128 cm³/mol. The van der Waals surface area contributed by atoms with E-state index in [-0.39, 0.29) is 68.7 Å². The molecule has 0 aliphatic rings. The van der Waals surface area contributed by atoms with Gasteiger partial charge >= 0.3 is 23.9 Å². The van der Waals surface area contributed by atoms with E-state index in [9.17, 15) is 19.2 Å². The van der Waals surface area contributed by atoms with E-state index < -0.39 is 34.5 Å². The van der Waals surface area contributed by atoms with E-state index in [1.54, 1.807) is 0 Å². The minimum atomic E-state index is -1.30. The molecule has 174 valence electrons. The van der Waals surface area contributed by atoms with Crippen molar-refractivity contribution in [1.29, 1.82) is 0 Å². The Bertz CT molecular complexity index is 505. The van der Waals surface area contributed by atoms with Crippen molar-refractivity contribution in [2.75, 3.05) is 49.4 Å². The fraction of sp³-hybridized carbons (Fsp3) is 0.765. The van der Waals surface area contributed by atoms with Crippen molar-refractivity contribution in [2.45, 2.75) is 24.5 Å². The third kappa shape index (κ3) is 13.1. The van der Waals surface area contributed by atoms with E-state index in [4.69, 9.17) is 18.9 Å². The maximum atomic E-state index is 12.0. The monoisotopic (exact) mass is 520 g/mol. The molecule has 0 aromatic heterocycles. The molecule has 1 unspecified atom stereocenters. The number of carbonyl (C=O) groups excluding carboxylic acids is 4. The van der Waals surface area contributed by atoms with Crippen LogP contribution in [0, 0.1) is 5.41 Å². The average Bonchev–Trinajstić information content (AvgIpc) is 2.72. The smallest absolute Gasteiger partial charge is 0.319 e. The van der Waals surface area contributed by atoms with Crippen molar-refractivity contribution in [3.8, 4) is 0 Å². The molecule has 0 heterocycles. The van der Waals surface area contributed by atoms with Crippen LogP contribution in [0.15, 0.2) is 0 Å². The van der Waals surface area contributed by atoms with Crippen LogP contribution in [0.1, 0.15) is 19.3 Å². The Morgan fingerprint density at radius 3 is 1.27 bits per heavy atom. The minimum absolute atomic E-state index is 0.0518. The second-order valence-corrected chi connectivity index (χ2v) is 8.54. The summed E-state index contributed by atoms with van der Waals surface area (Å²) in [7, 11) is 0. The van der Waals surface area contributed by atoms with E-state index in [1.165, 1.54) is 0 Å². The summed E-state index contributed by atoms with van der Waals surface area (Å²) in [6.45, 7) is -1.28. The Hall–Kier alpha value is -0.370. The number of rotatable bonds is 16. The Morgan fingerprint density at radius 1 is 0.633 bits per heavy atom. The zero-order valence-corrected chi connectivity index (χ0v) is 20.8. The Morgan fingerprint density at radius 2 is 0.967 bits per heavy atom. The summed E-state index contributed by atoms with van der Waals surface area (Å²) < 4.78 is 20.9. The lowest BCUT2D eigenvalue weighted by molar-refractivity contribution is -0.170. The molecule has 0 saturated carbocycles. The molecule has 0 amide bonds. The molecule has 8 nitrogen and oxygen atoms in total. The van der Waals surface area contributed by atoms with Gasteiger partial charge in [-0.3, -0.25) is 19.2 Å². The summed E-state index contributed by atoms with van der Waals surface area (Å²) in [5.41, 5.74) is -1.30. The maximum absolute atomic E-state index is 12.0. The quantitative estimate of drug-likeness (QED) is 0.118. The molecular formula is C17H28O8S5. The highest BCUT2D eigenvalue weighted by Gasteiger charge is 2.38. The summed E-state index contributed by atoms with van der Waals surface area (Å²) in [6, 6.07) is 0. The van der Waals surface area contributed by atoms with Gasteiger partial charge in [0.15, 0.2) is 0 Å². The minimum Gasteiger partial charge on any atom is -0.465 e. The standard InChI is InChI=1S/C17H28O8S5/c18-13(1-4-26)22-8-17(9-23-14(19)2-5-27,10-24-15(20)3-6-28)11-25-16(21)12(30)7-29/h12,26-30H,1-11H2. The van der Waals surface area contributed by atoms with Crippen molar-refractivity contribution in [1.82, 2.24) is 0 Å². The van der Waals surface area contributed by atoms with E-state index in [0.717, 1.165) is 0 Å². The first-order chi connectivity index (χ1) is 14.2. The number of esters is 4. The van der Waals surface area contributed by atoms with Crippen molar-refractivity contribution in [2.24, 2.45) is 5.41 Å². The lowest BCUT2D eigenvalue weighted by Gasteiger charge is -2.32. The second-order valence-electron chi connectivity index (χ2n) is 6.21. The molecule has 13 heteroatoms. The fourth-order valence-corrected chi connectivity index (χ4v) is 2.61. The van der Waals surface area contributed by atoms with Crippen LogP contribution in [0.4, 0.5) is 0 Å². The Balaban J connectivity index is 5.46. The van der Waals surface area contributed by atoms with Gasteiger partial charge in [-0.2, -0.15) is 63.1 Å². The van der Waals surface area contributed by atoms with Gasteiger partial charge in [0.1, 0.15) is 37.1 Å². The van der Waals surface area contributed by atoms with E-state index in [0.29, 0.717) is 0 Å². The van der Waals surface area contributed by atoms with Crippen LogP contribution < -0.4 is 0 Å². The summed E-state index contributed by atoms with van der Waals surface area (Å²) in [6.07, 6.45) is 0.155. The molecule has 1 atom stereocenters. The zero-order chi connectivity index (χ0) is 23.0. The molecule has 0 spiro atoms. The summed E-state index contributed by atoms with van der Waals surface area (Å²) in [4.78, 5) is 47.5. The summed E-state index contributed by atoms with van der Waals surface area (Å²) >= 11 is 20.0. The predicted octanol–water partition coefficient (Wildman–Crippen LogP) is 1.33. The van der Waals surface area contributed by atoms with Crippen LogP contribution in [0.5, 0.6) is 0 Å². The molecule has 0 bridgehead atoms. The Labute approximate surface area is 203 Å². The number of hydrogen-bond donors (Lipinski definition) is 5. The largest absolute Gasteiger partial charge is 0.465 e. The van der Waals surface area contributed by atoms with E-state index in [2.05, 4.69) is 63.1 Å². The molecule has 0 radical (unpaired) electrons. The molecule has 0 aliphatic heterocycles. The third-order valence-corrected chi connectivity index (χ3v) is 5.25. The molecule has 0 saturated heterocycles. The lowest BCUT2D eigenvalue weighted by Crippen LogP contribution is -2.44. The SMILES string of the molecule is O=C(CCS)OCC(COC(=O)CCS)(COC(=O)CCS)COC(=O)C(S)CS.